The number of nitrogens with zero attached hydrogens (tertiary/aromatic N) is 5. The Morgan fingerprint density at radius 1 is 1.27 bits per heavy atom. The zero-order valence-corrected chi connectivity index (χ0v) is 16.0. The standard InChI is InChI=1S/C17H13ClF3N5O4/c1-10-6-11(2-4-14(10)26(28)29)8-24-16(9-27)25(23-22-24)12-3-5-15(13(18)7-12)30-17(19,20)21/h2-7,9,16H,8H2,1H3. The van der Waals surface area contributed by atoms with Gasteiger partial charge in [-0.15, -0.1) is 13.2 Å². The minimum atomic E-state index is -4.90. The molecule has 0 aliphatic carbocycles. The van der Waals surface area contributed by atoms with E-state index < -0.39 is 23.2 Å². The van der Waals surface area contributed by atoms with Crippen LogP contribution in [0.3, 0.4) is 0 Å². The average Bonchev–Trinajstić information content (AvgIpc) is 3.04. The zero-order chi connectivity index (χ0) is 22.1. The van der Waals surface area contributed by atoms with E-state index in [9.17, 15) is 28.1 Å². The highest BCUT2D eigenvalue weighted by Gasteiger charge is 2.34. The molecular weight excluding hydrogens is 431 g/mol. The Hall–Kier alpha value is -3.41. The number of rotatable bonds is 6. The summed E-state index contributed by atoms with van der Waals surface area (Å²) in [5.41, 5.74) is 1.28. The van der Waals surface area contributed by atoms with Crippen LogP contribution in [0.2, 0.25) is 5.02 Å². The van der Waals surface area contributed by atoms with Gasteiger partial charge in [0.2, 0.25) is 0 Å². The number of anilines is 1. The molecule has 0 fully saturated rings. The van der Waals surface area contributed by atoms with Crippen LogP contribution in [0.25, 0.3) is 0 Å². The predicted octanol–water partition coefficient (Wildman–Crippen LogP) is 4.58. The molecule has 3 rings (SSSR count). The summed E-state index contributed by atoms with van der Waals surface area (Å²) < 4.78 is 40.9. The number of carbonyl (C=O) groups excluding carboxylic acids is 1. The first-order valence-corrected chi connectivity index (χ1v) is 8.69. The molecule has 0 spiro atoms. The minimum Gasteiger partial charge on any atom is -0.404 e. The Labute approximate surface area is 172 Å². The molecule has 0 bridgehead atoms. The minimum absolute atomic E-state index is 0.0360. The molecular formula is C17H13ClF3N5O4. The van der Waals surface area contributed by atoms with Gasteiger partial charge in [-0.05, 0) is 42.0 Å². The van der Waals surface area contributed by atoms with Crippen molar-refractivity contribution in [3.63, 3.8) is 0 Å². The third-order valence-corrected chi connectivity index (χ3v) is 4.43. The molecule has 1 unspecified atom stereocenters. The van der Waals surface area contributed by atoms with Crippen molar-refractivity contribution in [3.8, 4) is 5.75 Å². The van der Waals surface area contributed by atoms with E-state index in [-0.39, 0.29) is 22.9 Å². The van der Waals surface area contributed by atoms with Gasteiger partial charge >= 0.3 is 6.36 Å². The van der Waals surface area contributed by atoms with E-state index in [2.05, 4.69) is 15.2 Å². The zero-order valence-electron chi connectivity index (χ0n) is 15.2. The van der Waals surface area contributed by atoms with Gasteiger partial charge in [-0.3, -0.25) is 14.9 Å². The maximum Gasteiger partial charge on any atom is 0.573 e. The fraction of sp³-hybridized carbons (Fsp3) is 0.235. The fourth-order valence-corrected chi connectivity index (χ4v) is 3.04. The van der Waals surface area contributed by atoms with E-state index in [4.69, 9.17) is 11.6 Å². The number of aldehydes is 1. The van der Waals surface area contributed by atoms with Crippen LogP contribution in [0.15, 0.2) is 46.8 Å². The number of hydrogen-bond acceptors (Lipinski definition) is 8. The summed E-state index contributed by atoms with van der Waals surface area (Å²) in [6, 6.07) is 7.90. The SMILES string of the molecule is Cc1cc(CN2N=NN(c3ccc(OC(F)(F)F)c(Cl)c3)C2C=O)ccc1[N+](=O)[O-]. The highest BCUT2D eigenvalue weighted by Crippen LogP contribution is 2.35. The Kier molecular flexibility index (Phi) is 5.78. The van der Waals surface area contributed by atoms with Crippen LogP contribution in [0.5, 0.6) is 5.75 Å². The van der Waals surface area contributed by atoms with Gasteiger partial charge in [0.15, 0.2) is 12.5 Å². The number of ether oxygens (including phenoxy) is 1. The Bertz CT molecular complexity index is 1020. The number of benzene rings is 2. The summed E-state index contributed by atoms with van der Waals surface area (Å²) in [6.45, 7) is 1.70. The number of nitro benzene ring substituents is 1. The van der Waals surface area contributed by atoms with Crippen LogP contribution in [0, 0.1) is 17.0 Å². The van der Waals surface area contributed by atoms with Gasteiger partial charge in [-0.1, -0.05) is 22.9 Å². The number of alkyl halides is 3. The maximum atomic E-state index is 12.4. The molecule has 0 N–H and O–H groups in total. The van der Waals surface area contributed by atoms with Crippen molar-refractivity contribution in [2.75, 3.05) is 5.01 Å². The first-order chi connectivity index (χ1) is 14.1. The number of nitro groups is 1. The molecule has 0 radical (unpaired) electrons. The van der Waals surface area contributed by atoms with Crippen molar-refractivity contribution in [1.82, 2.24) is 5.01 Å². The van der Waals surface area contributed by atoms with Crippen LogP contribution in [-0.2, 0) is 11.3 Å². The first kappa shape index (κ1) is 21.3. The summed E-state index contributed by atoms with van der Waals surface area (Å²) in [5.74, 6) is -0.593. The van der Waals surface area contributed by atoms with Gasteiger partial charge in [-0.25, -0.2) is 10.0 Å². The van der Waals surface area contributed by atoms with Gasteiger partial charge in [0.05, 0.1) is 22.2 Å². The molecule has 2 aromatic carbocycles. The van der Waals surface area contributed by atoms with Crippen molar-refractivity contribution in [2.45, 2.75) is 26.0 Å². The van der Waals surface area contributed by atoms with E-state index in [0.717, 1.165) is 12.1 Å². The molecule has 0 aromatic heterocycles. The second kappa shape index (κ2) is 8.14. The van der Waals surface area contributed by atoms with E-state index in [1.807, 2.05) is 0 Å². The van der Waals surface area contributed by atoms with Crippen molar-refractivity contribution >= 4 is 29.3 Å². The van der Waals surface area contributed by atoms with Crippen molar-refractivity contribution < 1.29 is 27.6 Å². The largest absolute Gasteiger partial charge is 0.573 e. The van der Waals surface area contributed by atoms with Gasteiger partial charge in [0.1, 0.15) is 5.75 Å². The Balaban J connectivity index is 1.78. The van der Waals surface area contributed by atoms with Gasteiger partial charge in [0.25, 0.3) is 5.69 Å². The molecule has 0 amide bonds. The molecule has 9 nitrogen and oxygen atoms in total. The second-order valence-electron chi connectivity index (χ2n) is 6.21. The molecule has 0 saturated heterocycles. The molecule has 1 atom stereocenters. The van der Waals surface area contributed by atoms with Crippen LogP contribution in [0.4, 0.5) is 24.5 Å². The topological polar surface area (TPSA) is 101 Å². The highest BCUT2D eigenvalue weighted by molar-refractivity contribution is 6.32. The van der Waals surface area contributed by atoms with Crippen molar-refractivity contribution in [3.05, 3.63) is 62.7 Å². The predicted molar refractivity (Wildman–Crippen MR) is 98.7 cm³/mol. The van der Waals surface area contributed by atoms with Crippen LogP contribution < -0.4 is 9.75 Å². The molecule has 0 saturated carbocycles. The molecule has 1 aliphatic rings. The third-order valence-electron chi connectivity index (χ3n) is 4.14. The van der Waals surface area contributed by atoms with E-state index >= 15 is 0 Å². The summed E-state index contributed by atoms with van der Waals surface area (Å²) in [5, 5.41) is 20.9. The normalized spacial score (nSPS) is 16.1. The van der Waals surface area contributed by atoms with Crippen LogP contribution in [0.1, 0.15) is 11.1 Å². The van der Waals surface area contributed by atoms with Crippen molar-refractivity contribution in [2.24, 2.45) is 10.4 Å². The molecule has 2 aromatic rings. The summed E-state index contributed by atoms with van der Waals surface area (Å²) >= 11 is 5.85. The molecule has 1 aliphatic heterocycles. The lowest BCUT2D eigenvalue weighted by Crippen LogP contribution is -2.39. The molecule has 1 heterocycles. The molecule has 158 valence electrons. The van der Waals surface area contributed by atoms with Gasteiger partial charge < -0.3 is 4.74 Å². The molecule has 30 heavy (non-hydrogen) atoms. The number of carbonyl (C=O) groups is 1. The van der Waals surface area contributed by atoms with Crippen molar-refractivity contribution in [1.29, 1.82) is 0 Å². The number of halogens is 4. The quantitative estimate of drug-likeness (QED) is 0.368. The van der Waals surface area contributed by atoms with Crippen LogP contribution >= 0.6 is 11.6 Å². The lowest BCUT2D eigenvalue weighted by molar-refractivity contribution is -0.385. The summed E-state index contributed by atoms with van der Waals surface area (Å²) in [7, 11) is 0. The number of aryl methyl sites for hydroxylation is 1. The lowest BCUT2D eigenvalue weighted by atomic mass is 10.1. The van der Waals surface area contributed by atoms with E-state index in [0.29, 0.717) is 17.4 Å². The molecule has 13 heteroatoms. The smallest absolute Gasteiger partial charge is 0.404 e. The second-order valence-corrected chi connectivity index (χ2v) is 6.62. The monoisotopic (exact) mass is 443 g/mol. The summed E-state index contributed by atoms with van der Waals surface area (Å²) in [6.07, 6.45) is -5.35. The maximum absolute atomic E-state index is 12.4. The van der Waals surface area contributed by atoms with Gasteiger partial charge in [0, 0.05) is 11.6 Å². The highest BCUT2D eigenvalue weighted by atomic mass is 35.5. The van der Waals surface area contributed by atoms with Crippen LogP contribution in [-0.4, -0.2) is 28.7 Å². The lowest BCUT2D eigenvalue weighted by Gasteiger charge is -2.24. The number of hydrogen-bond donors (Lipinski definition) is 0. The Morgan fingerprint density at radius 3 is 2.57 bits per heavy atom. The third kappa shape index (κ3) is 4.59. The fourth-order valence-electron chi connectivity index (χ4n) is 2.83. The summed E-state index contributed by atoms with van der Waals surface area (Å²) in [4.78, 5) is 22.1. The Morgan fingerprint density at radius 2 is 2.00 bits per heavy atom. The first-order valence-electron chi connectivity index (χ1n) is 8.31. The van der Waals surface area contributed by atoms with E-state index in [1.165, 1.54) is 28.2 Å². The van der Waals surface area contributed by atoms with E-state index in [1.54, 1.807) is 13.0 Å². The van der Waals surface area contributed by atoms with Gasteiger partial charge in [-0.2, -0.15) is 0 Å². The average molecular weight is 444 g/mol.